The van der Waals surface area contributed by atoms with Gasteiger partial charge in [0.2, 0.25) is 0 Å². The largest absolute Gasteiger partial charge is 0.497 e. The molecule has 1 atom stereocenters. The number of benzene rings is 1. The lowest BCUT2D eigenvalue weighted by Gasteiger charge is -2.32. The summed E-state index contributed by atoms with van der Waals surface area (Å²) in [6.45, 7) is 13.1. The van der Waals surface area contributed by atoms with Crippen molar-refractivity contribution < 1.29 is 32.4 Å². The van der Waals surface area contributed by atoms with Crippen molar-refractivity contribution in [3.63, 3.8) is 0 Å². The van der Waals surface area contributed by atoms with E-state index in [-0.39, 0.29) is 12.0 Å². The minimum absolute atomic E-state index is 0.0444. The van der Waals surface area contributed by atoms with Gasteiger partial charge in [0.1, 0.15) is 22.8 Å². The summed E-state index contributed by atoms with van der Waals surface area (Å²) >= 11 is 0. The van der Waals surface area contributed by atoms with Gasteiger partial charge in [0.25, 0.3) is 5.91 Å². The van der Waals surface area contributed by atoms with Crippen LogP contribution in [0.5, 0.6) is 0 Å². The molecule has 3 rings (SSSR count). The van der Waals surface area contributed by atoms with Crippen molar-refractivity contribution in [2.24, 2.45) is 0 Å². The number of hydrogen-bond donors (Lipinski definition) is 1. The van der Waals surface area contributed by atoms with E-state index in [9.17, 15) is 14.0 Å². The van der Waals surface area contributed by atoms with Crippen molar-refractivity contribution in [3.8, 4) is 0 Å². The minimum Gasteiger partial charge on any atom is -0.444 e. The number of rotatable bonds is 3. The van der Waals surface area contributed by atoms with Crippen molar-refractivity contribution in [3.05, 3.63) is 29.3 Å². The number of carbonyl (C=O) groups is 2. The van der Waals surface area contributed by atoms with Gasteiger partial charge in [0.05, 0.1) is 11.2 Å². The molecule has 7 nitrogen and oxygen atoms in total. The number of ether oxygens (including phenoxy) is 1. The molecule has 0 aliphatic carbocycles. The molecule has 1 aromatic rings. The first-order chi connectivity index (χ1) is 14.6. The van der Waals surface area contributed by atoms with Gasteiger partial charge in [-0.05, 0) is 61.0 Å². The number of carbonyl (C=O) groups excluding carboxylic acids is 2. The Kier molecular flexibility index (Phi) is 6.34. The molecule has 2 heterocycles. The molecule has 2 saturated heterocycles. The van der Waals surface area contributed by atoms with Crippen LogP contribution in [-0.2, 0) is 14.0 Å². The molecule has 0 aromatic heterocycles. The van der Waals surface area contributed by atoms with Crippen molar-refractivity contribution in [1.82, 2.24) is 10.2 Å². The summed E-state index contributed by atoms with van der Waals surface area (Å²) in [7, 11) is -1.07. The summed E-state index contributed by atoms with van der Waals surface area (Å²) in [6, 6.07) is 1.80. The first-order valence-electron chi connectivity index (χ1n) is 10.7. The first kappa shape index (κ1) is 24.4. The second-order valence-electron chi connectivity index (χ2n) is 10.3. The van der Waals surface area contributed by atoms with Crippen molar-refractivity contribution in [1.29, 1.82) is 0 Å². The molecule has 2 fully saturated rings. The molecule has 1 unspecified atom stereocenters. The second kappa shape index (κ2) is 8.30. The van der Waals surface area contributed by atoms with E-state index in [1.807, 2.05) is 27.7 Å². The molecule has 1 N–H and O–H groups in total. The summed E-state index contributed by atoms with van der Waals surface area (Å²) in [5, 5.41) is 2.62. The highest BCUT2D eigenvalue weighted by molar-refractivity contribution is 6.62. The number of nitrogens with zero attached hydrogens (tertiary/aromatic N) is 1. The van der Waals surface area contributed by atoms with Gasteiger partial charge < -0.3 is 24.3 Å². The van der Waals surface area contributed by atoms with Gasteiger partial charge in [0.15, 0.2) is 0 Å². The van der Waals surface area contributed by atoms with E-state index in [0.717, 1.165) is 6.07 Å². The number of amides is 2. The van der Waals surface area contributed by atoms with Crippen LogP contribution in [0.25, 0.3) is 0 Å². The molecule has 2 aliphatic rings. The van der Waals surface area contributed by atoms with E-state index in [1.54, 1.807) is 20.8 Å². The van der Waals surface area contributed by atoms with E-state index in [4.69, 9.17) is 14.0 Å². The summed E-state index contributed by atoms with van der Waals surface area (Å²) < 4.78 is 46.7. The van der Waals surface area contributed by atoms with Gasteiger partial charge in [-0.25, -0.2) is 13.6 Å². The van der Waals surface area contributed by atoms with Crippen LogP contribution in [0.3, 0.4) is 0 Å². The van der Waals surface area contributed by atoms with E-state index in [1.165, 1.54) is 11.0 Å². The highest BCUT2D eigenvalue weighted by atomic mass is 19.1. The average molecular weight is 452 g/mol. The van der Waals surface area contributed by atoms with Gasteiger partial charge in [-0.1, -0.05) is 6.07 Å². The Balaban J connectivity index is 1.73. The maximum absolute atomic E-state index is 15.3. The van der Waals surface area contributed by atoms with Crippen LogP contribution < -0.4 is 10.8 Å². The zero-order valence-corrected chi connectivity index (χ0v) is 19.7. The Hall–Kier alpha value is -2.20. The first-order valence-corrected chi connectivity index (χ1v) is 10.7. The quantitative estimate of drug-likeness (QED) is 0.714. The lowest BCUT2D eigenvalue weighted by molar-refractivity contribution is 0.00578. The van der Waals surface area contributed by atoms with E-state index in [0.29, 0.717) is 13.0 Å². The molecule has 1 aromatic carbocycles. The van der Waals surface area contributed by atoms with Crippen LogP contribution in [0.4, 0.5) is 13.6 Å². The average Bonchev–Trinajstić information content (AvgIpc) is 3.15. The van der Waals surface area contributed by atoms with E-state index < -0.39 is 59.2 Å². The Morgan fingerprint density at radius 1 is 1.16 bits per heavy atom. The van der Waals surface area contributed by atoms with Gasteiger partial charge in [-0.2, -0.15) is 0 Å². The van der Waals surface area contributed by atoms with Crippen LogP contribution in [0.15, 0.2) is 12.1 Å². The summed E-state index contributed by atoms with van der Waals surface area (Å²) in [6.07, 6.45) is -0.0418. The lowest BCUT2D eigenvalue weighted by atomic mass is 9.77. The Labute approximate surface area is 187 Å². The van der Waals surface area contributed by atoms with Gasteiger partial charge in [-0.3, -0.25) is 4.79 Å². The standard InChI is InChI=1S/C22H31BF2N2O5/c1-20(2,3)30-19(29)27-11-10-13(12-27)26-18(28)16-15(24)9-8-14(17(16)25)23-31-21(4,5)22(6,7)32-23/h8-9,13H,10-12H2,1-7H3,(H,26,28). The molecule has 2 amide bonds. The topological polar surface area (TPSA) is 77.1 Å². The predicted molar refractivity (Wildman–Crippen MR) is 116 cm³/mol. The predicted octanol–water partition coefficient (Wildman–Crippen LogP) is 3.00. The molecule has 0 radical (unpaired) electrons. The lowest BCUT2D eigenvalue weighted by Crippen LogP contribution is -2.42. The molecule has 32 heavy (non-hydrogen) atoms. The summed E-state index contributed by atoms with van der Waals surface area (Å²) in [4.78, 5) is 26.4. The SMILES string of the molecule is CC(C)(C)OC(=O)N1CCC(NC(=O)c2c(F)ccc(B3OC(C)(C)C(C)(C)O3)c2F)C1. The number of halogens is 2. The molecule has 0 saturated carbocycles. The van der Waals surface area contributed by atoms with Gasteiger partial charge >= 0.3 is 13.2 Å². The number of hydrogen-bond acceptors (Lipinski definition) is 5. The zero-order chi connectivity index (χ0) is 24.1. The maximum atomic E-state index is 15.3. The molecule has 176 valence electrons. The molecular weight excluding hydrogens is 421 g/mol. The van der Waals surface area contributed by atoms with Crippen LogP contribution in [0.2, 0.25) is 0 Å². The fourth-order valence-electron chi connectivity index (χ4n) is 3.56. The van der Waals surface area contributed by atoms with Crippen LogP contribution in [0, 0.1) is 11.6 Å². The Morgan fingerprint density at radius 3 is 2.31 bits per heavy atom. The zero-order valence-electron chi connectivity index (χ0n) is 19.7. The highest BCUT2D eigenvalue weighted by Gasteiger charge is 2.52. The monoisotopic (exact) mass is 452 g/mol. The third-order valence-electron chi connectivity index (χ3n) is 6.03. The molecule has 0 spiro atoms. The molecule has 0 bridgehead atoms. The number of likely N-dealkylation sites (tertiary alicyclic amines) is 1. The smallest absolute Gasteiger partial charge is 0.444 e. The third-order valence-corrected chi connectivity index (χ3v) is 6.03. The normalized spacial score (nSPS) is 22.2. The van der Waals surface area contributed by atoms with Gasteiger partial charge in [-0.15, -0.1) is 0 Å². The van der Waals surface area contributed by atoms with Crippen LogP contribution >= 0.6 is 0 Å². The van der Waals surface area contributed by atoms with Crippen molar-refractivity contribution >= 4 is 24.6 Å². The van der Waals surface area contributed by atoms with Crippen LogP contribution in [0.1, 0.15) is 65.2 Å². The van der Waals surface area contributed by atoms with E-state index >= 15 is 4.39 Å². The summed E-state index contributed by atoms with van der Waals surface area (Å²) in [5.74, 6) is -2.90. The Bertz CT molecular complexity index is 900. The maximum Gasteiger partial charge on any atom is 0.497 e. The Morgan fingerprint density at radius 2 is 1.75 bits per heavy atom. The van der Waals surface area contributed by atoms with Crippen molar-refractivity contribution in [2.75, 3.05) is 13.1 Å². The molecular formula is C22H31BF2N2O5. The third kappa shape index (κ3) is 4.91. The van der Waals surface area contributed by atoms with E-state index in [2.05, 4.69) is 5.32 Å². The minimum atomic E-state index is -1.07. The number of nitrogens with one attached hydrogen (secondary N) is 1. The fraction of sp³-hybridized carbons (Fsp3) is 0.636. The van der Waals surface area contributed by atoms with Crippen LogP contribution in [-0.4, -0.2) is 60.0 Å². The summed E-state index contributed by atoms with van der Waals surface area (Å²) in [5.41, 5.74) is -2.81. The second-order valence-corrected chi connectivity index (χ2v) is 10.3. The molecule has 10 heteroatoms. The highest BCUT2D eigenvalue weighted by Crippen LogP contribution is 2.36. The van der Waals surface area contributed by atoms with Gasteiger partial charge in [0, 0.05) is 24.6 Å². The fourth-order valence-corrected chi connectivity index (χ4v) is 3.56. The van der Waals surface area contributed by atoms with Crippen molar-refractivity contribution in [2.45, 2.75) is 77.7 Å². The molecule has 2 aliphatic heterocycles.